The van der Waals surface area contributed by atoms with Crippen LogP contribution in [0.1, 0.15) is 5.56 Å². The summed E-state index contributed by atoms with van der Waals surface area (Å²) in [5.74, 6) is -0.196. The Morgan fingerprint density at radius 2 is 2.35 bits per heavy atom. The lowest BCUT2D eigenvalue weighted by atomic mass is 10.2. The third kappa shape index (κ3) is 2.63. The topological polar surface area (TPSA) is 72.7 Å². The number of thiazole rings is 1. The number of amides is 1. The van der Waals surface area contributed by atoms with E-state index in [0.29, 0.717) is 10.2 Å². The van der Waals surface area contributed by atoms with Crippen molar-refractivity contribution in [1.82, 2.24) is 19.7 Å². The van der Waals surface area contributed by atoms with Gasteiger partial charge in [0.15, 0.2) is 5.13 Å². The van der Waals surface area contributed by atoms with Gasteiger partial charge in [0.25, 0.3) is 0 Å². The molecular weight excluding hydrogens is 298 g/mol. The van der Waals surface area contributed by atoms with Crippen LogP contribution < -0.4 is 5.32 Å². The number of hydrogen-bond donors (Lipinski definition) is 1. The van der Waals surface area contributed by atoms with Crippen LogP contribution in [-0.2, 0) is 11.3 Å². The number of nitrogens with zero attached hydrogens (tertiary/aromatic N) is 4. The van der Waals surface area contributed by atoms with Gasteiger partial charge >= 0.3 is 0 Å². The number of fused-ring (bicyclic) bond motifs is 1. The summed E-state index contributed by atoms with van der Waals surface area (Å²) in [7, 11) is 0. The smallest absolute Gasteiger partial charge is 0.247 e. The highest BCUT2D eigenvalue weighted by Gasteiger charge is 2.10. The van der Waals surface area contributed by atoms with Crippen LogP contribution >= 0.6 is 22.9 Å². The molecule has 102 valence electrons. The van der Waals surface area contributed by atoms with Crippen molar-refractivity contribution < 1.29 is 4.79 Å². The summed E-state index contributed by atoms with van der Waals surface area (Å²) in [5, 5.41) is 7.85. The van der Waals surface area contributed by atoms with Gasteiger partial charge < -0.3 is 5.32 Å². The minimum Gasteiger partial charge on any atom is -0.300 e. The Balaban J connectivity index is 1.81. The Hall–Kier alpha value is -1.99. The number of hydrogen-bond acceptors (Lipinski definition) is 5. The molecule has 3 aromatic rings. The van der Waals surface area contributed by atoms with E-state index in [-0.39, 0.29) is 12.5 Å². The fourth-order valence-electron chi connectivity index (χ4n) is 1.83. The molecule has 0 fully saturated rings. The lowest BCUT2D eigenvalue weighted by Gasteiger charge is -2.00. The predicted molar refractivity (Wildman–Crippen MR) is 78.0 cm³/mol. The van der Waals surface area contributed by atoms with E-state index in [4.69, 9.17) is 11.6 Å². The van der Waals surface area contributed by atoms with E-state index >= 15 is 0 Å². The maximum atomic E-state index is 11.8. The second-order valence-corrected chi connectivity index (χ2v) is 5.70. The van der Waals surface area contributed by atoms with Crippen LogP contribution in [0.3, 0.4) is 0 Å². The van der Waals surface area contributed by atoms with Gasteiger partial charge in [0.1, 0.15) is 19.2 Å². The monoisotopic (exact) mass is 307 g/mol. The maximum Gasteiger partial charge on any atom is 0.247 e. The van der Waals surface area contributed by atoms with E-state index in [0.717, 1.165) is 15.8 Å². The summed E-state index contributed by atoms with van der Waals surface area (Å²) in [6.07, 6.45) is 2.87. The van der Waals surface area contributed by atoms with Gasteiger partial charge in [0, 0.05) is 5.02 Å². The lowest BCUT2D eigenvalue weighted by Crippen LogP contribution is -2.18. The van der Waals surface area contributed by atoms with Crippen LogP contribution in [0, 0.1) is 6.92 Å². The number of carbonyl (C=O) groups is 1. The maximum absolute atomic E-state index is 11.8. The van der Waals surface area contributed by atoms with Crippen molar-refractivity contribution in [3.8, 4) is 0 Å². The molecule has 3 rings (SSSR count). The molecule has 0 saturated heterocycles. The van der Waals surface area contributed by atoms with Gasteiger partial charge in [0.2, 0.25) is 5.91 Å². The standard InChI is InChI=1S/C12H10ClN5OS/c1-7-2-8(13)3-9-11(7)17-12(20-9)16-10(19)4-18-6-14-5-15-18/h2-3,5-6H,4H2,1H3,(H,16,17,19). The van der Waals surface area contributed by atoms with Crippen LogP contribution in [0.4, 0.5) is 5.13 Å². The zero-order valence-corrected chi connectivity index (χ0v) is 12.1. The summed E-state index contributed by atoms with van der Waals surface area (Å²) in [5.41, 5.74) is 1.84. The van der Waals surface area contributed by atoms with E-state index in [1.807, 2.05) is 19.1 Å². The van der Waals surface area contributed by atoms with Gasteiger partial charge in [-0.25, -0.2) is 14.6 Å². The summed E-state index contributed by atoms with van der Waals surface area (Å²) < 4.78 is 2.40. The highest BCUT2D eigenvalue weighted by Crippen LogP contribution is 2.30. The summed E-state index contributed by atoms with van der Waals surface area (Å²) in [4.78, 5) is 20.0. The van der Waals surface area contributed by atoms with Crippen molar-refractivity contribution in [2.45, 2.75) is 13.5 Å². The largest absolute Gasteiger partial charge is 0.300 e. The summed E-state index contributed by atoms with van der Waals surface area (Å²) in [6, 6.07) is 3.69. The Morgan fingerprint density at radius 1 is 1.50 bits per heavy atom. The van der Waals surface area contributed by atoms with Crippen LogP contribution in [0.25, 0.3) is 10.2 Å². The first kappa shape index (κ1) is 13.0. The molecule has 2 aromatic heterocycles. The fraction of sp³-hybridized carbons (Fsp3) is 0.167. The second kappa shape index (κ2) is 5.18. The molecule has 1 N–H and O–H groups in total. The SMILES string of the molecule is Cc1cc(Cl)cc2sc(NC(=O)Cn3cncn3)nc12. The third-order valence-electron chi connectivity index (χ3n) is 2.67. The zero-order valence-electron chi connectivity index (χ0n) is 10.5. The van der Waals surface area contributed by atoms with Crippen molar-refractivity contribution >= 4 is 44.2 Å². The van der Waals surface area contributed by atoms with Gasteiger partial charge in [-0.3, -0.25) is 4.79 Å². The van der Waals surface area contributed by atoms with E-state index in [1.165, 1.54) is 28.7 Å². The molecule has 8 heteroatoms. The molecule has 0 radical (unpaired) electrons. The number of aromatic nitrogens is 4. The Labute approximate surface area is 123 Å². The van der Waals surface area contributed by atoms with Crippen LogP contribution in [0.2, 0.25) is 5.02 Å². The molecule has 0 bridgehead atoms. The molecule has 0 spiro atoms. The Morgan fingerprint density at radius 3 is 3.10 bits per heavy atom. The first-order valence-corrected chi connectivity index (χ1v) is 7.00. The number of carbonyl (C=O) groups excluding carboxylic acids is 1. The van der Waals surface area contributed by atoms with Gasteiger partial charge in [-0.2, -0.15) is 5.10 Å². The molecule has 0 saturated carbocycles. The number of nitrogens with one attached hydrogen (secondary N) is 1. The predicted octanol–water partition coefficient (Wildman–Crippen LogP) is 2.49. The number of rotatable bonds is 3. The quantitative estimate of drug-likeness (QED) is 0.807. The van der Waals surface area contributed by atoms with E-state index in [2.05, 4.69) is 20.4 Å². The molecule has 2 heterocycles. The molecule has 1 amide bonds. The zero-order chi connectivity index (χ0) is 14.1. The van der Waals surface area contributed by atoms with Crippen LogP contribution in [0.15, 0.2) is 24.8 Å². The van der Waals surface area contributed by atoms with Crippen LogP contribution in [0.5, 0.6) is 0 Å². The van der Waals surface area contributed by atoms with Gasteiger partial charge in [-0.15, -0.1) is 0 Å². The second-order valence-electron chi connectivity index (χ2n) is 4.23. The molecule has 0 aliphatic carbocycles. The minimum atomic E-state index is -0.196. The summed E-state index contributed by atoms with van der Waals surface area (Å²) >= 11 is 7.40. The highest BCUT2D eigenvalue weighted by atomic mass is 35.5. The number of aryl methyl sites for hydroxylation is 1. The summed E-state index contributed by atoms with van der Waals surface area (Å²) in [6.45, 7) is 2.05. The number of anilines is 1. The molecular formula is C12H10ClN5OS. The van der Waals surface area contributed by atoms with Gasteiger partial charge in [-0.05, 0) is 24.6 Å². The van der Waals surface area contributed by atoms with Crippen molar-refractivity contribution in [2.75, 3.05) is 5.32 Å². The molecule has 0 atom stereocenters. The van der Waals surface area contributed by atoms with Crippen LogP contribution in [-0.4, -0.2) is 25.7 Å². The molecule has 0 aliphatic rings. The molecule has 20 heavy (non-hydrogen) atoms. The third-order valence-corrected chi connectivity index (χ3v) is 3.80. The van der Waals surface area contributed by atoms with Gasteiger partial charge in [0.05, 0.1) is 10.2 Å². The molecule has 0 unspecified atom stereocenters. The molecule has 1 aromatic carbocycles. The number of benzene rings is 1. The van der Waals surface area contributed by atoms with E-state index < -0.39 is 0 Å². The van der Waals surface area contributed by atoms with Gasteiger partial charge in [-0.1, -0.05) is 22.9 Å². The first-order chi connectivity index (χ1) is 9.61. The lowest BCUT2D eigenvalue weighted by molar-refractivity contribution is -0.116. The Bertz CT molecular complexity index is 768. The fourth-order valence-corrected chi connectivity index (χ4v) is 3.16. The molecule has 6 nitrogen and oxygen atoms in total. The number of halogens is 1. The van der Waals surface area contributed by atoms with Crippen molar-refractivity contribution in [3.63, 3.8) is 0 Å². The highest BCUT2D eigenvalue weighted by molar-refractivity contribution is 7.22. The average molecular weight is 308 g/mol. The van der Waals surface area contributed by atoms with E-state index in [9.17, 15) is 4.79 Å². The average Bonchev–Trinajstić information content (AvgIpc) is 2.98. The van der Waals surface area contributed by atoms with Crippen molar-refractivity contribution in [2.24, 2.45) is 0 Å². The molecule has 0 aliphatic heterocycles. The van der Waals surface area contributed by atoms with Crippen molar-refractivity contribution in [3.05, 3.63) is 35.4 Å². The normalized spacial score (nSPS) is 10.9. The van der Waals surface area contributed by atoms with Crippen molar-refractivity contribution in [1.29, 1.82) is 0 Å². The van der Waals surface area contributed by atoms with E-state index in [1.54, 1.807) is 0 Å². The first-order valence-electron chi connectivity index (χ1n) is 5.81. The Kier molecular flexibility index (Phi) is 3.37. The minimum absolute atomic E-state index is 0.107.